The van der Waals surface area contributed by atoms with E-state index in [2.05, 4.69) is 47.6 Å². The lowest BCUT2D eigenvalue weighted by Crippen LogP contribution is -2.61. The van der Waals surface area contributed by atoms with Crippen LogP contribution >= 0.6 is 0 Å². The number of ether oxygens (including phenoxy) is 1. The van der Waals surface area contributed by atoms with Gasteiger partial charge in [-0.1, -0.05) is 53.2 Å². The van der Waals surface area contributed by atoms with E-state index in [9.17, 15) is 20.1 Å². The maximum atomic E-state index is 12.1. The van der Waals surface area contributed by atoms with Gasteiger partial charge in [-0.15, -0.1) is 0 Å². The molecule has 0 saturated heterocycles. The van der Waals surface area contributed by atoms with Crippen LogP contribution < -0.4 is 0 Å². The molecule has 5 aliphatic carbocycles. The van der Waals surface area contributed by atoms with Gasteiger partial charge < -0.3 is 20.1 Å². The van der Waals surface area contributed by atoms with Gasteiger partial charge in [0.2, 0.25) is 0 Å². The number of rotatable bonds is 6. The molecule has 5 heteroatoms. The number of carbonyl (C=O) groups excluding carboxylic acids is 1. The number of aliphatic hydroxyl groups excluding tert-OH is 3. The van der Waals surface area contributed by atoms with Gasteiger partial charge >= 0.3 is 5.97 Å². The number of fused-ring (bicyclic) bond motifs is 5. The van der Waals surface area contributed by atoms with Crippen LogP contribution in [0.5, 0.6) is 0 Å². The molecule has 4 saturated carbocycles. The fraction of sp³-hybridized carbons (Fsp3) is 0.906. The van der Waals surface area contributed by atoms with E-state index in [-0.39, 0.29) is 23.2 Å². The Labute approximate surface area is 224 Å². The number of hydrogen-bond donors (Lipinski definition) is 3. The third-order valence-corrected chi connectivity index (χ3v) is 13.1. The third kappa shape index (κ3) is 4.08. The fourth-order valence-electron chi connectivity index (χ4n) is 10.7. The summed E-state index contributed by atoms with van der Waals surface area (Å²) in [5.41, 5.74) is 0.788. The van der Waals surface area contributed by atoms with Crippen molar-refractivity contribution in [2.75, 3.05) is 6.61 Å². The lowest BCUT2D eigenvalue weighted by Gasteiger charge is -2.61. The molecule has 0 amide bonds. The van der Waals surface area contributed by atoms with Crippen molar-refractivity contribution in [3.63, 3.8) is 0 Å². The predicted molar refractivity (Wildman–Crippen MR) is 144 cm³/mol. The third-order valence-electron chi connectivity index (χ3n) is 13.1. The van der Waals surface area contributed by atoms with Gasteiger partial charge in [-0.2, -0.15) is 0 Å². The molecule has 0 aliphatic heterocycles. The van der Waals surface area contributed by atoms with Crippen LogP contribution in [-0.2, 0) is 9.53 Å². The highest BCUT2D eigenvalue weighted by molar-refractivity contribution is 5.66. The van der Waals surface area contributed by atoms with Gasteiger partial charge in [0, 0.05) is 24.2 Å². The minimum atomic E-state index is -0.647. The quantitative estimate of drug-likeness (QED) is 0.327. The average molecular weight is 517 g/mol. The summed E-state index contributed by atoms with van der Waals surface area (Å²) in [6, 6.07) is 0. The zero-order valence-electron chi connectivity index (χ0n) is 24.2. The van der Waals surface area contributed by atoms with Crippen LogP contribution in [-0.4, -0.2) is 46.2 Å². The monoisotopic (exact) mass is 516 g/mol. The summed E-state index contributed by atoms with van der Waals surface area (Å²) >= 11 is 0. The maximum Gasteiger partial charge on any atom is 0.302 e. The van der Waals surface area contributed by atoms with E-state index in [0.29, 0.717) is 66.8 Å². The van der Waals surface area contributed by atoms with E-state index in [1.165, 1.54) is 13.3 Å². The Balaban J connectivity index is 1.48. The molecule has 0 bridgehead atoms. The first kappa shape index (κ1) is 27.6. The number of carbonyl (C=O) groups is 1. The van der Waals surface area contributed by atoms with Crippen molar-refractivity contribution >= 4 is 5.97 Å². The summed E-state index contributed by atoms with van der Waals surface area (Å²) in [5, 5.41) is 33.6. The van der Waals surface area contributed by atoms with Crippen LogP contribution in [0, 0.1) is 63.6 Å². The molecule has 0 spiro atoms. The van der Waals surface area contributed by atoms with Crippen molar-refractivity contribution in [3.05, 3.63) is 11.6 Å². The SMILES string of the molecule is CC(=O)OC[C@]12C[C@@H](O)C3C(CC=C4C[C@@H](O)C[C@H](O)[C@@]43C)C1CCC2[C@H](C)[C@@H]1C[C@]1(C)[C@H](C)C(C)C. The normalized spacial score (nSPS) is 50.4. The lowest BCUT2D eigenvalue weighted by atomic mass is 9.45. The summed E-state index contributed by atoms with van der Waals surface area (Å²) in [4.78, 5) is 12.1. The second kappa shape index (κ2) is 9.34. The minimum Gasteiger partial charge on any atom is -0.465 e. The zero-order valence-corrected chi connectivity index (χ0v) is 24.2. The molecule has 3 N–H and O–H groups in total. The first-order valence-corrected chi connectivity index (χ1v) is 15.1. The number of aliphatic hydroxyl groups is 3. The molecule has 0 aromatic carbocycles. The van der Waals surface area contributed by atoms with Crippen LogP contribution in [0.15, 0.2) is 11.6 Å². The summed E-state index contributed by atoms with van der Waals surface area (Å²) in [5.74, 6) is 3.34. The van der Waals surface area contributed by atoms with Gasteiger partial charge in [0.05, 0.1) is 24.9 Å². The van der Waals surface area contributed by atoms with E-state index >= 15 is 0 Å². The molecule has 5 nitrogen and oxygen atoms in total. The summed E-state index contributed by atoms with van der Waals surface area (Å²) in [6.45, 7) is 16.0. The highest BCUT2D eigenvalue weighted by atomic mass is 16.5. The number of allylic oxidation sites excluding steroid dienone is 1. The number of esters is 1. The van der Waals surface area contributed by atoms with Crippen LogP contribution in [0.1, 0.15) is 93.4 Å². The molecule has 0 heterocycles. The van der Waals surface area contributed by atoms with Crippen molar-refractivity contribution in [2.24, 2.45) is 63.6 Å². The highest BCUT2D eigenvalue weighted by Crippen LogP contribution is 2.71. The van der Waals surface area contributed by atoms with Crippen molar-refractivity contribution in [1.29, 1.82) is 0 Å². The van der Waals surface area contributed by atoms with E-state index in [0.717, 1.165) is 24.8 Å². The van der Waals surface area contributed by atoms with Crippen LogP contribution in [0.3, 0.4) is 0 Å². The molecule has 0 aromatic heterocycles. The molecule has 4 fully saturated rings. The first-order chi connectivity index (χ1) is 17.3. The zero-order chi connectivity index (χ0) is 27.1. The molecule has 37 heavy (non-hydrogen) atoms. The molecule has 210 valence electrons. The molecule has 4 unspecified atom stereocenters. The average Bonchev–Trinajstić information content (AvgIpc) is 3.37. The van der Waals surface area contributed by atoms with Crippen molar-refractivity contribution in [1.82, 2.24) is 0 Å². The van der Waals surface area contributed by atoms with Gasteiger partial charge in [-0.3, -0.25) is 4.79 Å². The van der Waals surface area contributed by atoms with Gasteiger partial charge in [0.25, 0.3) is 0 Å². The van der Waals surface area contributed by atoms with Gasteiger partial charge in [0.15, 0.2) is 0 Å². The van der Waals surface area contributed by atoms with Gasteiger partial charge in [0.1, 0.15) is 0 Å². The van der Waals surface area contributed by atoms with Crippen molar-refractivity contribution in [2.45, 2.75) is 112 Å². The second-order valence-corrected chi connectivity index (χ2v) is 14.8. The molecule has 5 rings (SSSR count). The van der Waals surface area contributed by atoms with Crippen LogP contribution in [0.25, 0.3) is 0 Å². The summed E-state index contributed by atoms with van der Waals surface area (Å²) < 4.78 is 5.85. The van der Waals surface area contributed by atoms with Crippen molar-refractivity contribution in [3.8, 4) is 0 Å². The van der Waals surface area contributed by atoms with E-state index < -0.39 is 23.7 Å². The van der Waals surface area contributed by atoms with Gasteiger partial charge in [-0.05, 0) is 91.3 Å². The van der Waals surface area contributed by atoms with Crippen molar-refractivity contribution < 1.29 is 24.9 Å². The van der Waals surface area contributed by atoms with E-state index in [4.69, 9.17) is 4.74 Å². The predicted octanol–water partition coefficient (Wildman–Crippen LogP) is 5.37. The number of hydrogen-bond acceptors (Lipinski definition) is 5. The summed E-state index contributed by atoms with van der Waals surface area (Å²) in [6.07, 6.45) is 6.56. The smallest absolute Gasteiger partial charge is 0.302 e. The maximum absolute atomic E-state index is 12.1. The summed E-state index contributed by atoms with van der Waals surface area (Å²) in [7, 11) is 0. The molecule has 0 radical (unpaired) electrons. The lowest BCUT2D eigenvalue weighted by molar-refractivity contribution is -0.183. The Bertz CT molecular complexity index is 928. The minimum absolute atomic E-state index is 0.0216. The Morgan fingerprint density at radius 2 is 1.78 bits per heavy atom. The topological polar surface area (TPSA) is 87.0 Å². The molecule has 0 aromatic rings. The van der Waals surface area contributed by atoms with E-state index in [1.807, 2.05) is 0 Å². The van der Waals surface area contributed by atoms with Gasteiger partial charge in [-0.25, -0.2) is 0 Å². The highest BCUT2D eigenvalue weighted by Gasteiger charge is 2.68. The first-order valence-electron chi connectivity index (χ1n) is 15.1. The molecule has 13 atom stereocenters. The van der Waals surface area contributed by atoms with Crippen LogP contribution in [0.4, 0.5) is 0 Å². The largest absolute Gasteiger partial charge is 0.465 e. The molecular formula is C32H52O5. The Morgan fingerprint density at radius 3 is 2.43 bits per heavy atom. The standard InChI is InChI=1S/C32H52O5/c1-17(2)19(4)30(6)14-26(30)18(3)24-10-11-25-23-9-8-21-12-22(34)13-28(36)31(21,7)29(23)27(35)15-32(24,25)16-37-20(5)33/h8,17-19,22-29,34-36H,9-16H2,1-7H3/t18-,19+,22+,23?,24?,25?,26-,27+,28-,29?,30+,31+,32-/m0/s1. The molecular weight excluding hydrogens is 464 g/mol. The Hall–Kier alpha value is -0.910. The molecule has 5 aliphatic rings. The van der Waals surface area contributed by atoms with Crippen LogP contribution in [0.2, 0.25) is 0 Å². The van der Waals surface area contributed by atoms with E-state index in [1.54, 1.807) is 0 Å². The Morgan fingerprint density at radius 1 is 1.08 bits per heavy atom. The Kier molecular flexibility index (Phi) is 6.98. The second-order valence-electron chi connectivity index (χ2n) is 14.8. The fourth-order valence-corrected chi connectivity index (χ4v) is 10.7.